The van der Waals surface area contributed by atoms with Gasteiger partial charge in [0.1, 0.15) is 5.60 Å². The molecule has 7 nitrogen and oxygen atoms in total. The highest BCUT2D eigenvalue weighted by Gasteiger charge is 2.20. The first-order chi connectivity index (χ1) is 11.7. The zero-order valence-electron chi connectivity index (χ0n) is 17.6. The van der Waals surface area contributed by atoms with Crippen LogP contribution in [0.1, 0.15) is 47.5 Å². The summed E-state index contributed by atoms with van der Waals surface area (Å²) < 4.78 is 10.7. The highest BCUT2D eigenvalue weighted by molar-refractivity contribution is 14.0. The number of hydrogen-bond acceptors (Lipinski definition) is 4. The van der Waals surface area contributed by atoms with Gasteiger partial charge in [-0.1, -0.05) is 6.92 Å². The molecule has 156 valence electrons. The van der Waals surface area contributed by atoms with Crippen LogP contribution in [0.4, 0.5) is 4.79 Å². The topological polar surface area (TPSA) is 75.2 Å². The van der Waals surface area contributed by atoms with Crippen LogP contribution in [0.15, 0.2) is 4.99 Å². The fraction of sp³-hybridized carbons (Fsp3) is 0.889. The van der Waals surface area contributed by atoms with Gasteiger partial charge in [0.25, 0.3) is 0 Å². The Balaban J connectivity index is 0. The van der Waals surface area contributed by atoms with Crippen molar-refractivity contribution in [2.75, 3.05) is 46.9 Å². The number of carbonyl (C=O) groups is 1. The molecule has 0 saturated heterocycles. The SMILES string of the molecule is CCOCCCCNC(=NC)NCC(C)CN(C)C(=O)OC(C)(C)C.I. The molecule has 8 heteroatoms. The van der Waals surface area contributed by atoms with Gasteiger partial charge in [0.05, 0.1) is 0 Å². The van der Waals surface area contributed by atoms with Crippen LogP contribution in [0.3, 0.4) is 0 Å². The van der Waals surface area contributed by atoms with Crippen molar-refractivity contribution in [2.45, 2.75) is 53.1 Å². The van der Waals surface area contributed by atoms with Crippen molar-refractivity contribution in [3.63, 3.8) is 0 Å². The highest BCUT2D eigenvalue weighted by atomic mass is 127. The van der Waals surface area contributed by atoms with E-state index < -0.39 is 5.60 Å². The number of guanidine groups is 1. The lowest BCUT2D eigenvalue weighted by molar-refractivity contribution is 0.0278. The maximum absolute atomic E-state index is 12.0. The van der Waals surface area contributed by atoms with E-state index in [2.05, 4.69) is 22.5 Å². The third kappa shape index (κ3) is 15.5. The van der Waals surface area contributed by atoms with Crippen LogP contribution < -0.4 is 10.6 Å². The molecular formula is C18H39IN4O3. The Bertz CT molecular complexity index is 400. The van der Waals surface area contributed by atoms with Gasteiger partial charge in [0.15, 0.2) is 5.96 Å². The van der Waals surface area contributed by atoms with Crippen molar-refractivity contribution < 1.29 is 14.3 Å². The maximum Gasteiger partial charge on any atom is 0.410 e. The van der Waals surface area contributed by atoms with Crippen LogP contribution in [-0.4, -0.2) is 69.5 Å². The quantitative estimate of drug-likeness (QED) is 0.215. The number of rotatable bonds is 10. The molecule has 0 aliphatic rings. The molecule has 1 unspecified atom stereocenters. The second-order valence-corrected chi connectivity index (χ2v) is 7.25. The van der Waals surface area contributed by atoms with Gasteiger partial charge >= 0.3 is 6.09 Å². The average Bonchev–Trinajstić information content (AvgIpc) is 2.51. The Morgan fingerprint density at radius 2 is 1.88 bits per heavy atom. The van der Waals surface area contributed by atoms with Crippen LogP contribution in [0.2, 0.25) is 0 Å². The van der Waals surface area contributed by atoms with Gasteiger partial charge in [-0.2, -0.15) is 0 Å². The van der Waals surface area contributed by atoms with E-state index in [9.17, 15) is 4.79 Å². The van der Waals surface area contributed by atoms with Crippen molar-refractivity contribution in [1.29, 1.82) is 0 Å². The van der Waals surface area contributed by atoms with E-state index in [0.717, 1.165) is 45.1 Å². The molecule has 0 radical (unpaired) electrons. The average molecular weight is 486 g/mol. The zero-order valence-corrected chi connectivity index (χ0v) is 19.9. The van der Waals surface area contributed by atoms with Crippen LogP contribution in [0.5, 0.6) is 0 Å². The molecule has 0 heterocycles. The van der Waals surface area contributed by atoms with Crippen LogP contribution in [0, 0.1) is 5.92 Å². The van der Waals surface area contributed by atoms with Crippen molar-refractivity contribution in [1.82, 2.24) is 15.5 Å². The van der Waals surface area contributed by atoms with Crippen molar-refractivity contribution in [3.8, 4) is 0 Å². The minimum Gasteiger partial charge on any atom is -0.444 e. The number of aliphatic imine (C=N–C) groups is 1. The second kappa shape index (κ2) is 15.3. The lowest BCUT2D eigenvalue weighted by Gasteiger charge is -2.26. The fourth-order valence-electron chi connectivity index (χ4n) is 2.12. The molecule has 0 aromatic rings. The first-order valence-corrected chi connectivity index (χ1v) is 9.16. The maximum atomic E-state index is 12.0. The van der Waals surface area contributed by atoms with E-state index in [1.165, 1.54) is 0 Å². The summed E-state index contributed by atoms with van der Waals surface area (Å²) in [5.41, 5.74) is -0.471. The molecule has 0 bridgehead atoms. The van der Waals surface area contributed by atoms with Gasteiger partial charge in [-0.15, -0.1) is 24.0 Å². The number of nitrogens with zero attached hydrogens (tertiary/aromatic N) is 2. The number of amides is 1. The first-order valence-electron chi connectivity index (χ1n) is 9.16. The fourth-order valence-corrected chi connectivity index (χ4v) is 2.12. The summed E-state index contributed by atoms with van der Waals surface area (Å²) in [6.07, 6.45) is 1.78. The largest absolute Gasteiger partial charge is 0.444 e. The van der Waals surface area contributed by atoms with Gasteiger partial charge in [-0.25, -0.2) is 4.79 Å². The van der Waals surface area contributed by atoms with Crippen LogP contribution >= 0.6 is 24.0 Å². The standard InChI is InChI=1S/C18H38N4O3.HI/c1-8-24-12-10-9-11-20-16(19-6)21-13-15(2)14-22(7)17(23)25-18(3,4)5;/h15H,8-14H2,1-7H3,(H2,19,20,21);1H. The predicted molar refractivity (Wildman–Crippen MR) is 119 cm³/mol. The molecule has 1 atom stereocenters. The molecule has 0 fully saturated rings. The summed E-state index contributed by atoms with van der Waals surface area (Å²) in [7, 11) is 3.52. The number of carbonyl (C=O) groups excluding carboxylic acids is 1. The van der Waals surface area contributed by atoms with Gasteiger partial charge in [0.2, 0.25) is 0 Å². The number of halogens is 1. The van der Waals surface area contributed by atoms with Crippen LogP contribution in [0.25, 0.3) is 0 Å². The lowest BCUT2D eigenvalue weighted by Crippen LogP contribution is -2.43. The van der Waals surface area contributed by atoms with E-state index >= 15 is 0 Å². The molecule has 26 heavy (non-hydrogen) atoms. The van der Waals surface area contributed by atoms with Crippen molar-refractivity contribution in [3.05, 3.63) is 0 Å². The third-order valence-electron chi connectivity index (χ3n) is 3.34. The Morgan fingerprint density at radius 3 is 2.42 bits per heavy atom. The lowest BCUT2D eigenvalue weighted by atomic mass is 10.1. The van der Waals surface area contributed by atoms with Gasteiger partial charge in [-0.3, -0.25) is 4.99 Å². The Morgan fingerprint density at radius 1 is 1.23 bits per heavy atom. The van der Waals surface area contributed by atoms with Crippen LogP contribution in [-0.2, 0) is 9.47 Å². The molecule has 0 saturated carbocycles. The third-order valence-corrected chi connectivity index (χ3v) is 3.34. The van der Waals surface area contributed by atoms with Crippen molar-refractivity contribution >= 4 is 36.0 Å². The second-order valence-electron chi connectivity index (χ2n) is 7.25. The minimum atomic E-state index is -0.471. The summed E-state index contributed by atoms with van der Waals surface area (Å²) in [6.45, 7) is 13.5. The van der Waals surface area contributed by atoms with Crippen molar-refractivity contribution in [2.24, 2.45) is 10.9 Å². The Hall–Kier alpha value is -0.770. The van der Waals surface area contributed by atoms with E-state index in [-0.39, 0.29) is 36.0 Å². The molecular weight excluding hydrogens is 447 g/mol. The van der Waals surface area contributed by atoms with Gasteiger partial charge in [-0.05, 0) is 46.5 Å². The van der Waals surface area contributed by atoms with Gasteiger partial charge in [0, 0.05) is 46.9 Å². The monoisotopic (exact) mass is 486 g/mol. The number of unbranched alkanes of at least 4 members (excludes halogenated alkanes) is 1. The number of ether oxygens (including phenoxy) is 2. The summed E-state index contributed by atoms with van der Waals surface area (Å²) in [4.78, 5) is 17.8. The van der Waals surface area contributed by atoms with E-state index in [0.29, 0.717) is 6.54 Å². The minimum absolute atomic E-state index is 0. The Labute approximate surface area is 176 Å². The zero-order chi connectivity index (χ0) is 19.3. The molecule has 2 N–H and O–H groups in total. The molecule has 1 amide bonds. The molecule has 0 rings (SSSR count). The van der Waals surface area contributed by atoms with E-state index in [1.807, 2.05) is 27.7 Å². The summed E-state index contributed by atoms with van der Waals surface area (Å²) in [6, 6.07) is 0. The molecule has 0 aromatic carbocycles. The van der Waals surface area contributed by atoms with Gasteiger partial charge < -0.3 is 25.0 Å². The van der Waals surface area contributed by atoms with E-state index in [1.54, 1.807) is 19.0 Å². The molecule has 0 aliphatic carbocycles. The summed E-state index contributed by atoms with van der Waals surface area (Å²) >= 11 is 0. The highest BCUT2D eigenvalue weighted by Crippen LogP contribution is 2.10. The smallest absolute Gasteiger partial charge is 0.410 e. The predicted octanol–water partition coefficient (Wildman–Crippen LogP) is 3.09. The Kier molecular flexibility index (Phi) is 16.2. The molecule has 0 aromatic heterocycles. The number of hydrogen-bond donors (Lipinski definition) is 2. The molecule has 0 spiro atoms. The molecule has 0 aliphatic heterocycles. The van der Waals surface area contributed by atoms with E-state index in [4.69, 9.17) is 9.47 Å². The first kappa shape index (κ1) is 27.4. The normalized spacial score (nSPS) is 12.8. The summed E-state index contributed by atoms with van der Waals surface area (Å²) in [5.74, 6) is 1.05. The number of nitrogens with one attached hydrogen (secondary N) is 2. The summed E-state index contributed by atoms with van der Waals surface area (Å²) in [5, 5.41) is 6.58.